The summed E-state index contributed by atoms with van der Waals surface area (Å²) in [6.07, 6.45) is 2.85. The van der Waals surface area contributed by atoms with Crippen molar-refractivity contribution in [2.45, 2.75) is 99.5 Å². The summed E-state index contributed by atoms with van der Waals surface area (Å²) in [5.41, 5.74) is 5.34. The van der Waals surface area contributed by atoms with Gasteiger partial charge in [-0.25, -0.2) is 4.79 Å². The molecular weight excluding hydrogens is 1430 g/mol. The quantitative estimate of drug-likeness (QED) is 0.0600. The van der Waals surface area contributed by atoms with Crippen LogP contribution in [0.15, 0.2) is 140 Å². The molecule has 0 radical (unpaired) electrons. The van der Waals surface area contributed by atoms with Gasteiger partial charge < -0.3 is 98.0 Å². The van der Waals surface area contributed by atoms with Crippen LogP contribution in [0, 0.1) is 23.7 Å². The number of hydrogen-bond acceptors (Lipinski definition) is 20. The third-order valence-electron chi connectivity index (χ3n) is 20.8. The molecule has 5 fully saturated rings. The fourth-order valence-electron chi connectivity index (χ4n) is 16.0. The molecule has 30 heteroatoms. The molecule has 1 saturated heterocycles. The molecule has 27 nitrogen and oxygen atoms in total. The first-order chi connectivity index (χ1) is 50.8. The number of aliphatic hydroxyl groups excluding tert-OH is 1. The molecule has 8 aromatic rings. The molecule has 17 N–H and O–H groups in total. The van der Waals surface area contributed by atoms with E-state index >= 15 is 19.2 Å². The number of aliphatic carboxylic acids is 1. The second-order valence-electron chi connectivity index (χ2n) is 27.7. The smallest absolute Gasteiger partial charge is 0.330 e. The van der Waals surface area contributed by atoms with E-state index in [0.717, 1.165) is 74.2 Å². The average Bonchev–Trinajstić information content (AvgIpc) is 0.949. The summed E-state index contributed by atoms with van der Waals surface area (Å²) >= 11 is 19.4. The van der Waals surface area contributed by atoms with Crippen LogP contribution >= 0.6 is 35.4 Å². The molecule has 8 atom stereocenters. The van der Waals surface area contributed by atoms with Crippen molar-refractivity contribution in [3.8, 4) is 80.1 Å². The largest absolute Gasteiger partial charge is 0.508 e. The molecule has 15 bridgehead atoms. The number of para-hydroxylation sites is 1. The number of carboxylic acids is 1. The number of benzene rings is 8. The van der Waals surface area contributed by atoms with E-state index in [4.69, 9.17) is 55.4 Å². The Hall–Kier alpha value is -11.4. The lowest BCUT2D eigenvalue weighted by Gasteiger charge is -2.54. The van der Waals surface area contributed by atoms with Crippen molar-refractivity contribution in [3.63, 3.8) is 0 Å². The predicted molar refractivity (Wildman–Crippen MR) is 384 cm³/mol. The first-order valence-electron chi connectivity index (χ1n) is 34.0. The molecular formula is C76H67Cl2N9O18S. The van der Waals surface area contributed by atoms with Gasteiger partial charge in [0.1, 0.15) is 76.6 Å². The molecule has 6 heterocycles. The number of anilines is 1. The maximum absolute atomic E-state index is 16.1. The highest BCUT2D eigenvalue weighted by atomic mass is 35.5. The van der Waals surface area contributed by atoms with Crippen LogP contribution in [0.1, 0.15) is 113 Å². The molecule has 7 unspecified atom stereocenters. The minimum atomic E-state index is -2.21. The zero-order chi connectivity index (χ0) is 74.4. The zero-order valence-electron chi connectivity index (χ0n) is 55.6. The number of aliphatic hydroxyl groups is 1. The van der Waals surface area contributed by atoms with Crippen LogP contribution < -0.4 is 62.1 Å². The molecule has 10 aliphatic rings. The zero-order valence-corrected chi connectivity index (χ0v) is 57.9. The van der Waals surface area contributed by atoms with Gasteiger partial charge in [-0.2, -0.15) is 0 Å². The third kappa shape index (κ3) is 13.3. The third-order valence-corrected chi connectivity index (χ3v) is 21.7. The van der Waals surface area contributed by atoms with Gasteiger partial charge in [-0.3, -0.25) is 33.7 Å². The number of carbonyl (C=O) groups is 7. The Labute approximate surface area is 618 Å². The number of halogens is 2. The number of nitrogens with zero attached hydrogens (tertiary/aromatic N) is 1. The van der Waals surface area contributed by atoms with Gasteiger partial charge in [0.2, 0.25) is 35.3 Å². The Balaban J connectivity index is 0.859. The molecule has 0 spiro atoms. The number of phenols is 6. The number of ether oxygens (including phenoxy) is 3. The Morgan fingerprint density at radius 3 is 1.82 bits per heavy atom. The van der Waals surface area contributed by atoms with Crippen molar-refractivity contribution in [2.75, 3.05) is 4.90 Å². The van der Waals surface area contributed by atoms with Crippen molar-refractivity contribution >= 4 is 87.6 Å². The molecule has 6 amide bonds. The number of thiocarbonyl (C=S) groups is 1. The fourth-order valence-corrected chi connectivity index (χ4v) is 16.7. The minimum Gasteiger partial charge on any atom is -0.508 e. The molecule has 0 aromatic heterocycles. The number of phenolic OH excluding ortho intramolecular Hbond substituents is 6. The van der Waals surface area contributed by atoms with Crippen LogP contribution in [0.4, 0.5) is 5.69 Å². The molecule has 4 aliphatic carbocycles. The van der Waals surface area contributed by atoms with Gasteiger partial charge >= 0.3 is 5.97 Å². The number of carboxylic acid groups (broad SMARTS) is 1. The van der Waals surface area contributed by atoms with Crippen LogP contribution in [-0.4, -0.2) is 106 Å². The van der Waals surface area contributed by atoms with Crippen LogP contribution in [0.5, 0.6) is 69.0 Å². The van der Waals surface area contributed by atoms with Gasteiger partial charge in [0, 0.05) is 35.3 Å². The number of carbonyl (C=O) groups excluding carboxylic acids is 6. The highest BCUT2D eigenvalue weighted by molar-refractivity contribution is 7.80. The van der Waals surface area contributed by atoms with E-state index in [-0.39, 0.29) is 96.1 Å². The van der Waals surface area contributed by atoms with E-state index in [9.17, 15) is 55.2 Å². The highest BCUT2D eigenvalue weighted by Crippen LogP contribution is 2.55. The van der Waals surface area contributed by atoms with Gasteiger partial charge in [0.25, 0.3) is 5.91 Å². The molecule has 544 valence electrons. The average molecular weight is 1500 g/mol. The number of hydrogen-bond donors (Lipinski definition) is 16. The standard InChI is InChI=1S/C76H67Cl2N9O18S/c77-47-19-31-6-12-53(47)104-56-26-40-27-57(68(56)94)105-54-13-9-36(24-48(54)78)66(92)65-73(99)84-64(75(101)102)45-29-52(91)46(30-80-59-37-15-32-14-33(17-37)18-38(59)16-32)67(93)58(45)44-23-34(7-10-50(44)89)60(70(96)85-65)82-72(98)62(40)83-71(97)61(81-69(95)49(79)20-31)39-21-42(88)28-43(22-39)103-55-25-35(8-11-51(55)90)63-74(100)87(76(106)86-63)41-4-2-1-3-5-41/h1-13,19,21-29,32-33,37-38,49,59-66,80,88-94H,14-18,20,30,79H2,(H,81,95)(H,82,98)(H,83,97)(H,84,99)(H,85,96)(H,86,106)(H,101,102)/t32?,33?,37?,38?,49?,59?,60?,61?,62?,63?,64-,65?,66?/m1/s1. The van der Waals surface area contributed by atoms with Crippen LogP contribution in [-0.2, 0) is 46.5 Å². The van der Waals surface area contributed by atoms with Gasteiger partial charge in [0.05, 0.1) is 27.3 Å². The van der Waals surface area contributed by atoms with E-state index in [1.54, 1.807) is 30.3 Å². The summed E-state index contributed by atoms with van der Waals surface area (Å²) in [5, 5.41) is 114. The molecule has 106 heavy (non-hydrogen) atoms. The Morgan fingerprint density at radius 2 is 1.17 bits per heavy atom. The monoisotopic (exact) mass is 1500 g/mol. The Morgan fingerprint density at radius 1 is 0.575 bits per heavy atom. The summed E-state index contributed by atoms with van der Waals surface area (Å²) in [4.78, 5) is 106. The van der Waals surface area contributed by atoms with Gasteiger partial charge in [-0.15, -0.1) is 0 Å². The van der Waals surface area contributed by atoms with Crippen molar-refractivity contribution in [3.05, 3.63) is 194 Å². The highest BCUT2D eigenvalue weighted by Gasteiger charge is 2.49. The number of fused-ring (bicyclic) bond motifs is 15. The summed E-state index contributed by atoms with van der Waals surface area (Å²) in [6.45, 7) is -0.146. The number of rotatable bonds is 9. The van der Waals surface area contributed by atoms with Crippen molar-refractivity contribution in [1.82, 2.24) is 37.2 Å². The summed E-state index contributed by atoms with van der Waals surface area (Å²) in [6, 6.07) is 17.4. The molecule has 8 aromatic carbocycles. The predicted octanol–water partition coefficient (Wildman–Crippen LogP) is 8.69. The van der Waals surface area contributed by atoms with E-state index in [2.05, 4.69) is 37.2 Å². The lowest BCUT2D eigenvalue weighted by Crippen LogP contribution is -2.55. The second kappa shape index (κ2) is 27.9. The van der Waals surface area contributed by atoms with Crippen molar-refractivity contribution in [1.29, 1.82) is 0 Å². The fraction of sp³-hybridized carbons (Fsp3) is 0.263. The maximum Gasteiger partial charge on any atom is 0.330 e. The van der Waals surface area contributed by atoms with E-state index in [1.807, 2.05) is 0 Å². The van der Waals surface area contributed by atoms with E-state index in [0.29, 0.717) is 34.9 Å². The Kier molecular flexibility index (Phi) is 18.5. The summed E-state index contributed by atoms with van der Waals surface area (Å²) in [7, 11) is 0. The van der Waals surface area contributed by atoms with Gasteiger partial charge in [0.15, 0.2) is 34.2 Å². The number of amides is 6. The lowest BCUT2D eigenvalue weighted by molar-refractivity contribution is -0.143. The Bertz CT molecular complexity index is 5000. The van der Waals surface area contributed by atoms with Crippen LogP contribution in [0.3, 0.4) is 0 Å². The second-order valence-corrected chi connectivity index (χ2v) is 28.9. The van der Waals surface area contributed by atoms with Gasteiger partial charge in [-0.05, 0) is 199 Å². The van der Waals surface area contributed by atoms with E-state index in [1.165, 1.54) is 72.0 Å². The minimum absolute atomic E-state index is 0.00778. The summed E-state index contributed by atoms with van der Waals surface area (Å²) in [5.74, 6) is -12.2. The summed E-state index contributed by atoms with van der Waals surface area (Å²) < 4.78 is 18.8. The number of nitrogens with one attached hydrogen (secondary N) is 7. The lowest BCUT2D eigenvalue weighted by atomic mass is 9.54. The molecule has 6 aliphatic heterocycles. The van der Waals surface area contributed by atoms with Crippen molar-refractivity contribution < 1.29 is 88.6 Å². The number of nitrogens with two attached hydrogens (primary N) is 1. The number of aromatic hydroxyl groups is 6. The SMILES string of the molecule is NC1Cc2ccc(c(Cl)c2)Oc2cc3cc(c2O)Oc2ccc(cc2Cl)C(O)C2NC(=O)C(NC(=O)C3NC(=O)C(c3cc(O)cc(Oc4cc(C5NC(=S)N(c6ccccc6)C5=O)ccc4O)c3)NC1=O)c1ccc(O)c(c1)-c1c(cc(O)c(CNC3C4CC5CC(C4)CC3C5)c1O)[C@H](C(=O)O)NC2=O. The topological polar surface area (TPSA) is 422 Å². The first kappa shape index (κ1) is 70.3. The van der Waals surface area contributed by atoms with Gasteiger partial charge in [-0.1, -0.05) is 65.7 Å². The van der Waals surface area contributed by atoms with E-state index < -0.39 is 147 Å². The normalized spacial score (nSPS) is 25.4. The van der Waals surface area contributed by atoms with Crippen LogP contribution in [0.25, 0.3) is 11.1 Å². The van der Waals surface area contributed by atoms with Crippen molar-refractivity contribution in [2.24, 2.45) is 29.4 Å². The molecule has 18 rings (SSSR count). The van der Waals surface area contributed by atoms with Crippen LogP contribution in [0.2, 0.25) is 10.0 Å². The maximum atomic E-state index is 16.1. The molecule has 4 saturated carbocycles. The first-order valence-corrected chi connectivity index (χ1v) is 35.1.